The number of rotatable bonds is 18. The van der Waals surface area contributed by atoms with E-state index in [0.717, 1.165) is 48.9 Å². The number of aromatic nitrogens is 12. The summed E-state index contributed by atoms with van der Waals surface area (Å²) in [6, 6.07) is 0. The molecule has 0 radical (unpaired) electrons. The first-order valence-electron chi connectivity index (χ1n) is 22.5. The van der Waals surface area contributed by atoms with Crippen molar-refractivity contribution in [3.05, 3.63) is 38.0 Å². The Morgan fingerprint density at radius 2 is 0.726 bits per heavy atom. The molecule has 9 rings (SSSR count). The minimum atomic E-state index is -5.74. The van der Waals surface area contributed by atoms with Crippen LogP contribution < -0.4 is 17.2 Å². The topological polar surface area (TPSA) is 637 Å². The fourth-order valence-corrected chi connectivity index (χ4v) is 13.1. The van der Waals surface area contributed by atoms with Crippen molar-refractivity contribution in [1.82, 2.24) is 58.6 Å². The Morgan fingerprint density at radius 1 is 0.452 bits per heavy atom. The van der Waals surface area contributed by atoms with Crippen molar-refractivity contribution in [2.45, 2.75) is 93.1 Å². The molecule has 3 unspecified atom stereocenters. The van der Waals surface area contributed by atoms with Crippen molar-refractivity contribution in [1.29, 1.82) is 0 Å². The number of aliphatic hydroxyl groups excluding tert-OH is 3. The molecule has 3 fully saturated rings. The van der Waals surface area contributed by atoms with Crippen LogP contribution in [0.1, 0.15) is 39.5 Å². The smallest absolute Gasteiger partial charge is 0.387 e. The zero-order chi connectivity index (χ0) is 62.7. The highest BCUT2D eigenvalue weighted by molar-refractivity contribution is 7.66. The third-order valence-corrected chi connectivity index (χ3v) is 18.3. The van der Waals surface area contributed by atoms with Gasteiger partial charge in [-0.15, -0.1) is 0 Å². The minimum Gasteiger partial charge on any atom is -0.387 e. The summed E-state index contributed by atoms with van der Waals surface area (Å²) < 4.78 is 156. The van der Waals surface area contributed by atoms with Gasteiger partial charge < -0.3 is 90.8 Å². The number of imidazole rings is 3. The lowest BCUT2D eigenvalue weighted by atomic mass is 9.98. The maximum absolute atomic E-state index is 15.3. The molecule has 0 amide bonds. The van der Waals surface area contributed by atoms with E-state index in [2.05, 4.69) is 71.4 Å². The van der Waals surface area contributed by atoms with Gasteiger partial charge in [-0.2, -0.15) is 12.9 Å². The summed E-state index contributed by atoms with van der Waals surface area (Å²) in [5.74, 6) is 0.134. The lowest BCUT2D eigenvalue weighted by Gasteiger charge is -2.24. The predicted molar refractivity (Wildman–Crippen MR) is 264 cm³/mol. The van der Waals surface area contributed by atoms with Gasteiger partial charge in [0.25, 0.3) is 0 Å². The van der Waals surface area contributed by atoms with Crippen molar-refractivity contribution in [2.75, 3.05) is 37.0 Å². The van der Waals surface area contributed by atoms with Gasteiger partial charge in [-0.3, -0.25) is 27.3 Å². The van der Waals surface area contributed by atoms with Gasteiger partial charge in [-0.1, -0.05) is 0 Å². The summed E-state index contributed by atoms with van der Waals surface area (Å²) >= 11 is 0. The fourth-order valence-electron chi connectivity index (χ4n) is 8.14. The lowest BCUT2D eigenvalue weighted by Crippen LogP contribution is -2.40. The zero-order valence-corrected chi connectivity index (χ0v) is 47.6. The second-order valence-electron chi connectivity index (χ2n) is 18.1. The first-order chi connectivity index (χ1) is 38.5. The summed E-state index contributed by atoms with van der Waals surface area (Å²) in [5.41, 5.74) is 10.7. The Labute approximate surface area is 464 Å². The average molecular weight is 1330 g/mol. The summed E-state index contributed by atoms with van der Waals surface area (Å²) in [7, 11) is -32.1. The molecule has 0 spiro atoms. The van der Waals surface area contributed by atoms with Crippen LogP contribution in [-0.2, 0) is 68.1 Å². The van der Waals surface area contributed by atoms with Gasteiger partial charge in [-0.05, 0) is 20.8 Å². The molecule has 42 nitrogen and oxygen atoms in total. The van der Waals surface area contributed by atoms with Crippen LogP contribution in [-0.4, -0.2) is 191 Å². The first kappa shape index (κ1) is 66.9. The summed E-state index contributed by atoms with van der Waals surface area (Å²) in [6.45, 7) is 0.424. The zero-order valence-electron chi connectivity index (χ0n) is 42.2. The Kier molecular flexibility index (Phi) is 19.2. The number of hydrogen-bond acceptors (Lipinski definition) is 30. The standard InChI is InChI=1S/C11H17FN5O12P3.C11H16FN5O9P2.C11H15FN5O6P/c1-11(12)7(18)5(2-26-31(22,23)29-32(24,25)28-30(19,20)21)27-10(11)17-4-16-6-8(13)14-3-15-9(6)17;1-11(12)7(18)5(2-24-28(22,23)26-27(19,20)21)25-10(11)17-4-16-6-8(13)14-3-15-9(6)17;1-11(12)7(18)5(2-22-24(19,20)21)23-10(11)17-4-16-6-8(13)14-3-15-9(6)17/h3-5,7,10,18H,2H2,1H3,(H,22,23)(H,24,25)(H2,13,14,15)(H2,19,20,21);3-5,7,10,18H,2H2,1H3,(H,22,23)(H2,13,14,15)(H2,19,20,21);3-5,7,10,18H,2H2,1H3,(H2,13,14,15)(H2,19,20,21)/t3*5-,7-,10-,11-/m111/s1. The number of nitrogen functional groups attached to an aromatic ring is 3. The van der Waals surface area contributed by atoms with Gasteiger partial charge >= 0.3 is 46.9 Å². The van der Waals surface area contributed by atoms with Crippen molar-refractivity contribution in [3.8, 4) is 0 Å². The summed E-state index contributed by atoms with van der Waals surface area (Å²) in [6.07, 6.45) is -7.36. The third kappa shape index (κ3) is 15.2. The van der Waals surface area contributed by atoms with E-state index in [1.54, 1.807) is 0 Å². The SMILES string of the molecule is C[C@@]1(F)[C@H](O)[C@@H](COP(=O)(O)O)O[C@H]1n1cnc2c(N)ncnc21.C[C@@]1(F)[C@H](O)[C@@H](COP(=O)(O)OP(=O)(O)O)O[C@H]1n1cnc2c(N)ncnc21.C[C@@]1(F)[C@H](O)[C@@H](COP(=O)(O)OP(=O)(O)OP(=O)(O)O)O[C@H]1n1cnc2c(N)ncnc21. The maximum Gasteiger partial charge on any atom is 0.490 e. The van der Waals surface area contributed by atoms with Crippen molar-refractivity contribution >= 4 is 97.9 Å². The van der Waals surface area contributed by atoms with Crippen LogP contribution in [0.25, 0.3) is 33.5 Å². The Hall–Kier alpha value is -4.62. The largest absolute Gasteiger partial charge is 0.490 e. The third-order valence-electron chi connectivity index (χ3n) is 11.9. The van der Waals surface area contributed by atoms with Crippen LogP contribution >= 0.6 is 46.9 Å². The van der Waals surface area contributed by atoms with E-state index in [1.807, 2.05) is 0 Å². The number of aliphatic hydroxyl groups is 3. The van der Waals surface area contributed by atoms with Crippen LogP contribution in [0.3, 0.4) is 0 Å². The number of hydrogen-bond donors (Lipinski definition) is 15. The molecule has 9 heterocycles. The predicted octanol–water partition coefficient (Wildman–Crippen LogP) is -1.14. The van der Waals surface area contributed by atoms with E-state index in [9.17, 15) is 56.9 Å². The molecule has 6 aromatic heterocycles. The Morgan fingerprint density at radius 3 is 1.01 bits per heavy atom. The molecule has 3 saturated heterocycles. The van der Waals surface area contributed by atoms with Crippen molar-refractivity contribution in [2.24, 2.45) is 0 Å². The van der Waals surface area contributed by atoms with Gasteiger partial charge in [-0.25, -0.2) is 85.4 Å². The van der Waals surface area contributed by atoms with Crippen LogP contribution in [0.2, 0.25) is 0 Å². The molecule has 0 saturated carbocycles. The molecular formula is C33H48F3N15O27P6. The number of anilines is 3. The normalized spacial score (nSPS) is 30.6. The van der Waals surface area contributed by atoms with Crippen LogP contribution in [0.4, 0.5) is 30.6 Å². The number of phosphoric ester groups is 3. The van der Waals surface area contributed by atoms with E-state index < -0.39 is 139 Å². The minimum absolute atomic E-state index is 0.00272. The molecule has 18 N–H and O–H groups in total. The van der Waals surface area contributed by atoms with Crippen molar-refractivity contribution in [3.63, 3.8) is 0 Å². The van der Waals surface area contributed by atoms with Gasteiger partial charge in [0.1, 0.15) is 72.2 Å². The molecule has 84 heavy (non-hydrogen) atoms. The van der Waals surface area contributed by atoms with E-state index in [4.69, 9.17) is 65.7 Å². The highest BCUT2D eigenvalue weighted by Crippen LogP contribution is 2.66. The van der Waals surface area contributed by atoms with Crippen molar-refractivity contribution < 1.29 is 141 Å². The number of nitrogens with two attached hydrogens (primary N) is 3. The molecule has 0 bridgehead atoms. The molecule has 15 atom stereocenters. The van der Waals surface area contributed by atoms with Gasteiger partial charge in [0, 0.05) is 0 Å². The van der Waals surface area contributed by atoms with E-state index in [-0.39, 0.29) is 50.9 Å². The molecule has 51 heteroatoms. The van der Waals surface area contributed by atoms with Crippen LogP contribution in [0.15, 0.2) is 38.0 Å². The highest BCUT2D eigenvalue weighted by Gasteiger charge is 2.58. The second kappa shape index (κ2) is 24.2. The first-order valence-corrected chi connectivity index (χ1v) is 31.6. The molecule has 468 valence electrons. The second-order valence-corrected chi connectivity index (χ2v) is 26.6. The van der Waals surface area contributed by atoms with Gasteiger partial charge in [0.15, 0.2) is 70.1 Å². The van der Waals surface area contributed by atoms with Gasteiger partial charge in [0.05, 0.1) is 38.8 Å². The fraction of sp³-hybridized carbons (Fsp3) is 0.545. The number of phosphoric acid groups is 6. The number of alkyl halides is 3. The maximum atomic E-state index is 15.3. The molecule has 0 aliphatic carbocycles. The highest BCUT2D eigenvalue weighted by atomic mass is 31.3. The molecule has 6 aromatic rings. The monoisotopic (exact) mass is 1330 g/mol. The van der Waals surface area contributed by atoms with Crippen LogP contribution in [0, 0.1) is 0 Å². The quantitative estimate of drug-likeness (QED) is 0.0453. The van der Waals surface area contributed by atoms with E-state index in [0.29, 0.717) is 0 Å². The number of halogens is 3. The molecule has 0 aromatic carbocycles. The molecular weight excluding hydrogens is 1280 g/mol. The Balaban J connectivity index is 0.000000183. The summed E-state index contributed by atoms with van der Waals surface area (Å²) in [4.78, 5) is 115. The lowest BCUT2D eigenvalue weighted by molar-refractivity contribution is -0.0560. The average Bonchev–Trinajstić information content (AvgIpc) is 2.83. The van der Waals surface area contributed by atoms with E-state index >= 15 is 8.78 Å². The summed E-state index contributed by atoms with van der Waals surface area (Å²) in [5, 5.41) is 30.6. The Bertz CT molecular complexity index is 3680. The molecule has 3 aliphatic rings. The van der Waals surface area contributed by atoms with Gasteiger partial charge in [0.2, 0.25) is 0 Å². The molecule has 3 aliphatic heterocycles. The van der Waals surface area contributed by atoms with Crippen LogP contribution in [0.5, 0.6) is 0 Å². The van der Waals surface area contributed by atoms with E-state index in [1.165, 1.54) is 23.5 Å². The number of nitrogens with zero attached hydrogens (tertiary/aromatic N) is 12. The number of ether oxygens (including phenoxy) is 3. The number of fused-ring (bicyclic) bond motifs is 3.